The Balaban J connectivity index is 1.00. The van der Waals surface area contributed by atoms with Gasteiger partial charge in [0, 0.05) is 48.7 Å². The predicted molar refractivity (Wildman–Crippen MR) is 149 cm³/mol. The maximum atomic E-state index is 12.8. The molecule has 0 aliphatic heterocycles. The van der Waals surface area contributed by atoms with E-state index < -0.39 is 12.2 Å². The van der Waals surface area contributed by atoms with Gasteiger partial charge in [-0.1, -0.05) is 0 Å². The second-order valence-electron chi connectivity index (χ2n) is 13.3. The highest BCUT2D eigenvalue weighted by Crippen LogP contribution is 2.55. The lowest BCUT2D eigenvalue weighted by molar-refractivity contribution is -0.0135. The van der Waals surface area contributed by atoms with Crippen LogP contribution in [-0.2, 0) is 0 Å². The van der Waals surface area contributed by atoms with Gasteiger partial charge in [-0.2, -0.15) is 5.10 Å². The minimum Gasteiger partial charge on any atom is -0.390 e. The number of carbonyl (C=O) groups excluding carboxylic acids is 1. The van der Waals surface area contributed by atoms with E-state index in [0.717, 1.165) is 55.7 Å². The summed E-state index contributed by atoms with van der Waals surface area (Å²) in [6.07, 6.45) is 8.80. The van der Waals surface area contributed by atoms with Crippen molar-refractivity contribution in [1.29, 1.82) is 0 Å². The Morgan fingerprint density at radius 2 is 1.82 bits per heavy atom. The summed E-state index contributed by atoms with van der Waals surface area (Å²) < 4.78 is 1.73. The summed E-state index contributed by atoms with van der Waals surface area (Å²) in [4.78, 5) is 19.2. The molecule has 0 unspecified atom stereocenters. The van der Waals surface area contributed by atoms with Gasteiger partial charge >= 0.3 is 6.03 Å². The van der Waals surface area contributed by atoms with Crippen LogP contribution in [-0.4, -0.2) is 79.2 Å². The summed E-state index contributed by atoms with van der Waals surface area (Å²) in [6.45, 7) is 6.44. The van der Waals surface area contributed by atoms with E-state index in [2.05, 4.69) is 39.5 Å². The number of anilines is 1. The largest absolute Gasteiger partial charge is 0.390 e. The topological polar surface area (TPSA) is 141 Å². The third-order valence-corrected chi connectivity index (χ3v) is 10.2. The second-order valence-corrected chi connectivity index (χ2v) is 13.3. The first-order chi connectivity index (χ1) is 18.7. The molecule has 2 heterocycles. The number of amides is 2. The molecule has 214 valence electrons. The first-order valence-corrected chi connectivity index (χ1v) is 15.0. The first-order valence-electron chi connectivity index (χ1n) is 15.0. The van der Waals surface area contributed by atoms with Crippen LogP contribution in [0, 0.1) is 23.7 Å². The predicted octanol–water partition coefficient (Wildman–Crippen LogP) is 2.51. The van der Waals surface area contributed by atoms with Crippen LogP contribution in [0.1, 0.15) is 76.8 Å². The van der Waals surface area contributed by atoms with Gasteiger partial charge in [-0.15, -0.1) is 0 Å². The molecule has 5 saturated carbocycles. The zero-order valence-electron chi connectivity index (χ0n) is 23.3. The molecule has 5 aliphatic rings. The number of carbonyl (C=O) groups is 1. The van der Waals surface area contributed by atoms with E-state index in [4.69, 9.17) is 5.73 Å². The van der Waals surface area contributed by atoms with Crippen molar-refractivity contribution in [1.82, 2.24) is 30.1 Å². The normalized spacial score (nSPS) is 35.4. The number of rotatable bonds is 9. The quantitative estimate of drug-likeness (QED) is 0.308. The zero-order valence-corrected chi connectivity index (χ0v) is 23.3. The third kappa shape index (κ3) is 5.23. The summed E-state index contributed by atoms with van der Waals surface area (Å²) >= 11 is 0. The fourth-order valence-corrected chi connectivity index (χ4v) is 8.75. The number of aliphatic hydroxyl groups is 2. The molecule has 0 radical (unpaired) electrons. The standard InChI is InChI=1S/C29H45N7O3/c1-17(2)35(7-3-6-31-28(39)34-29-12-18-8-19(13-29)10-20(9-18)14-29)15-21-11-22(26(38)25(21)37)23-4-5-24-27(30)32-16-33-36(23)24/h4-5,16-22,25-26,37-38H,3,6-15H2,1-2H3,(H2,30,32,33)(H2,31,34,39)/t18?,19?,20?,21-,22+,25-,26+,29?/m1/s1. The number of nitrogens with one attached hydrogen (secondary N) is 2. The van der Waals surface area contributed by atoms with Crippen molar-refractivity contribution < 1.29 is 15.0 Å². The molecule has 0 spiro atoms. The number of fused-ring (bicyclic) bond motifs is 1. The van der Waals surface area contributed by atoms with Crippen molar-refractivity contribution in [2.24, 2.45) is 23.7 Å². The Bertz CT molecular complexity index is 1150. The van der Waals surface area contributed by atoms with E-state index in [0.29, 0.717) is 30.8 Å². The smallest absolute Gasteiger partial charge is 0.315 e. The number of aromatic nitrogens is 3. The van der Waals surface area contributed by atoms with E-state index in [1.807, 2.05) is 12.1 Å². The van der Waals surface area contributed by atoms with Crippen molar-refractivity contribution in [3.63, 3.8) is 0 Å². The van der Waals surface area contributed by atoms with Crippen LogP contribution >= 0.6 is 0 Å². The molecule has 0 aromatic carbocycles. The number of nitrogen functional groups attached to an aromatic ring is 1. The van der Waals surface area contributed by atoms with Gasteiger partial charge in [0.1, 0.15) is 11.8 Å². The number of aliphatic hydroxyl groups excluding tert-OH is 2. The molecule has 2 aromatic heterocycles. The molecule has 2 aromatic rings. The highest BCUT2D eigenvalue weighted by Gasteiger charge is 2.51. The van der Waals surface area contributed by atoms with Crippen LogP contribution in [0.25, 0.3) is 5.52 Å². The average Bonchev–Trinajstić information content (AvgIpc) is 3.41. The Hall–Kier alpha value is -2.43. The van der Waals surface area contributed by atoms with E-state index >= 15 is 0 Å². The van der Waals surface area contributed by atoms with Crippen LogP contribution in [0.2, 0.25) is 0 Å². The highest BCUT2D eigenvalue weighted by atomic mass is 16.3. The van der Waals surface area contributed by atoms with Crippen molar-refractivity contribution in [3.8, 4) is 0 Å². The highest BCUT2D eigenvalue weighted by molar-refractivity contribution is 5.74. The molecule has 2 amide bonds. The molecule has 39 heavy (non-hydrogen) atoms. The van der Waals surface area contributed by atoms with Crippen molar-refractivity contribution in [2.75, 3.05) is 25.4 Å². The van der Waals surface area contributed by atoms with Crippen molar-refractivity contribution in [3.05, 3.63) is 24.2 Å². The summed E-state index contributed by atoms with van der Waals surface area (Å²) in [5, 5.41) is 32.8. The molecule has 4 atom stereocenters. The molecule has 10 heteroatoms. The molecule has 7 rings (SSSR count). The summed E-state index contributed by atoms with van der Waals surface area (Å²) in [5.74, 6) is 2.52. The number of hydrogen-bond acceptors (Lipinski definition) is 7. The zero-order chi connectivity index (χ0) is 27.3. The number of nitrogens with two attached hydrogens (primary N) is 1. The Morgan fingerprint density at radius 3 is 2.49 bits per heavy atom. The lowest BCUT2D eigenvalue weighted by atomic mass is 9.53. The maximum Gasteiger partial charge on any atom is 0.315 e. The lowest BCUT2D eigenvalue weighted by Crippen LogP contribution is -2.61. The monoisotopic (exact) mass is 539 g/mol. The van der Waals surface area contributed by atoms with Crippen LogP contribution in [0.3, 0.4) is 0 Å². The molecular weight excluding hydrogens is 494 g/mol. The number of urea groups is 1. The van der Waals surface area contributed by atoms with Crippen molar-refractivity contribution in [2.45, 2.75) is 94.9 Å². The van der Waals surface area contributed by atoms with Gasteiger partial charge in [0.25, 0.3) is 0 Å². The fraction of sp³-hybridized carbons (Fsp3) is 0.759. The van der Waals surface area contributed by atoms with E-state index in [1.54, 1.807) is 4.52 Å². The van der Waals surface area contributed by atoms with Gasteiger partial charge in [-0.05, 0) is 95.1 Å². The van der Waals surface area contributed by atoms with Gasteiger partial charge in [0.05, 0.1) is 12.2 Å². The van der Waals surface area contributed by atoms with Crippen LogP contribution < -0.4 is 16.4 Å². The van der Waals surface area contributed by atoms with Gasteiger partial charge in [0.15, 0.2) is 5.82 Å². The van der Waals surface area contributed by atoms with Gasteiger partial charge in [0.2, 0.25) is 0 Å². The SMILES string of the molecule is CC(C)N(CCCNC(=O)NC12CC3CC(CC(C3)C1)C2)C[C@H]1C[C@@H](c2ccc3c(N)ncnn23)[C@H](O)[C@@H]1O. The average molecular weight is 540 g/mol. The molecular formula is C29H45N7O3. The minimum atomic E-state index is -0.867. The molecule has 5 fully saturated rings. The summed E-state index contributed by atoms with van der Waals surface area (Å²) in [7, 11) is 0. The Labute approximate surface area is 230 Å². The molecule has 5 aliphatic carbocycles. The van der Waals surface area contributed by atoms with Crippen LogP contribution in [0.5, 0.6) is 0 Å². The summed E-state index contributed by atoms with van der Waals surface area (Å²) in [5.41, 5.74) is 7.57. The van der Waals surface area contributed by atoms with Gasteiger partial charge in [-0.25, -0.2) is 14.3 Å². The molecule has 6 N–H and O–H groups in total. The maximum absolute atomic E-state index is 12.8. The van der Waals surface area contributed by atoms with E-state index in [9.17, 15) is 15.0 Å². The van der Waals surface area contributed by atoms with E-state index in [1.165, 1.54) is 25.6 Å². The molecule has 0 saturated heterocycles. The summed E-state index contributed by atoms with van der Waals surface area (Å²) in [6, 6.07) is 4.05. The lowest BCUT2D eigenvalue weighted by Gasteiger charge is -2.56. The Morgan fingerprint density at radius 1 is 1.13 bits per heavy atom. The number of hydrogen-bond donors (Lipinski definition) is 5. The minimum absolute atomic E-state index is 0.0194. The van der Waals surface area contributed by atoms with Crippen LogP contribution in [0.4, 0.5) is 10.6 Å². The van der Waals surface area contributed by atoms with Crippen LogP contribution in [0.15, 0.2) is 18.5 Å². The molecule has 4 bridgehead atoms. The molecule has 10 nitrogen and oxygen atoms in total. The Kier molecular flexibility index (Phi) is 7.22. The number of nitrogens with zero attached hydrogens (tertiary/aromatic N) is 4. The van der Waals surface area contributed by atoms with Gasteiger partial charge in [-0.3, -0.25) is 0 Å². The van der Waals surface area contributed by atoms with Gasteiger partial charge < -0.3 is 31.5 Å². The third-order valence-electron chi connectivity index (χ3n) is 10.2. The van der Waals surface area contributed by atoms with E-state index in [-0.39, 0.29) is 29.4 Å². The second kappa shape index (κ2) is 10.5. The fourth-order valence-electron chi connectivity index (χ4n) is 8.75. The van der Waals surface area contributed by atoms with Crippen molar-refractivity contribution >= 4 is 17.4 Å². The first kappa shape index (κ1) is 26.8.